The van der Waals surface area contributed by atoms with Crippen LogP contribution in [0.2, 0.25) is 0 Å². The van der Waals surface area contributed by atoms with E-state index in [9.17, 15) is 18.0 Å². The molecule has 2 heterocycles. The number of hydrogen-bond donors (Lipinski definition) is 1. The minimum atomic E-state index is -3.44. The second-order valence-corrected chi connectivity index (χ2v) is 10.1. The maximum Gasteiger partial charge on any atom is 0.282 e. The van der Waals surface area contributed by atoms with Gasteiger partial charge in [-0.1, -0.05) is 32.1 Å². The maximum absolute atomic E-state index is 12.9. The van der Waals surface area contributed by atoms with Crippen molar-refractivity contribution in [2.24, 2.45) is 5.92 Å². The van der Waals surface area contributed by atoms with Gasteiger partial charge in [0.15, 0.2) is 0 Å². The summed E-state index contributed by atoms with van der Waals surface area (Å²) in [6.45, 7) is 2.59. The van der Waals surface area contributed by atoms with Crippen molar-refractivity contribution in [3.05, 3.63) is 0 Å². The Morgan fingerprint density at radius 3 is 1.89 bits per heavy atom. The van der Waals surface area contributed by atoms with E-state index in [1.165, 1.54) is 10.7 Å². The number of carbonyl (C=O) groups is 2. The highest BCUT2D eigenvalue weighted by Crippen LogP contribution is 2.23. The summed E-state index contributed by atoms with van der Waals surface area (Å²) in [7, 11) is -3.44. The van der Waals surface area contributed by atoms with Gasteiger partial charge in [-0.3, -0.25) is 9.59 Å². The molecule has 0 bridgehead atoms. The van der Waals surface area contributed by atoms with E-state index >= 15 is 0 Å². The predicted molar refractivity (Wildman–Crippen MR) is 107 cm³/mol. The number of amides is 2. The Hall–Kier alpha value is -1.19. The first-order valence-electron chi connectivity index (χ1n) is 10.8. The Morgan fingerprint density at radius 1 is 0.750 bits per heavy atom. The first kappa shape index (κ1) is 21.5. The third kappa shape index (κ3) is 5.45. The zero-order valence-corrected chi connectivity index (χ0v) is 17.6. The molecule has 9 heteroatoms. The van der Waals surface area contributed by atoms with Crippen LogP contribution in [0.3, 0.4) is 0 Å². The molecule has 8 nitrogen and oxygen atoms in total. The highest BCUT2D eigenvalue weighted by Gasteiger charge is 2.33. The lowest BCUT2D eigenvalue weighted by Crippen LogP contribution is -2.55. The highest BCUT2D eigenvalue weighted by atomic mass is 32.2. The Balaban J connectivity index is 1.43. The molecule has 0 aromatic rings. The van der Waals surface area contributed by atoms with Gasteiger partial charge in [-0.2, -0.15) is 17.0 Å². The van der Waals surface area contributed by atoms with Crippen LogP contribution >= 0.6 is 0 Å². The molecule has 160 valence electrons. The van der Waals surface area contributed by atoms with E-state index in [4.69, 9.17) is 0 Å². The van der Waals surface area contributed by atoms with E-state index in [-0.39, 0.29) is 24.3 Å². The van der Waals surface area contributed by atoms with Crippen molar-refractivity contribution >= 4 is 22.0 Å². The SMILES string of the molecule is O=C(NCC(=O)N1CCN(S(=O)(=O)N2CCCCCC2)CC1)C1CCCCC1. The summed E-state index contributed by atoms with van der Waals surface area (Å²) in [6.07, 6.45) is 9.17. The Labute approximate surface area is 168 Å². The van der Waals surface area contributed by atoms with Crippen LogP contribution in [0, 0.1) is 5.92 Å². The maximum atomic E-state index is 12.9. The summed E-state index contributed by atoms with van der Waals surface area (Å²) in [5, 5.41) is 2.78. The van der Waals surface area contributed by atoms with Crippen molar-refractivity contribution in [3.8, 4) is 0 Å². The zero-order chi connectivity index (χ0) is 20.0. The molecular formula is C19H34N4O4S. The van der Waals surface area contributed by atoms with E-state index in [1.807, 2.05) is 0 Å². The molecule has 2 amide bonds. The van der Waals surface area contributed by atoms with Crippen LogP contribution in [0.15, 0.2) is 0 Å². The van der Waals surface area contributed by atoms with Crippen molar-refractivity contribution in [1.29, 1.82) is 0 Å². The first-order chi connectivity index (χ1) is 13.5. The lowest BCUT2D eigenvalue weighted by Gasteiger charge is -2.36. The largest absolute Gasteiger partial charge is 0.347 e. The lowest BCUT2D eigenvalue weighted by molar-refractivity contribution is -0.135. The Kier molecular flexibility index (Phi) is 7.70. The standard InChI is InChI=1S/C19H34N4O4S/c24-18(16-20-19(25)17-8-4-3-5-9-17)21-12-14-23(15-13-21)28(26,27)22-10-6-1-2-7-11-22/h17H,1-16H2,(H,20,25). The Bertz CT molecular complexity index is 632. The number of nitrogens with zero attached hydrogens (tertiary/aromatic N) is 3. The van der Waals surface area contributed by atoms with Crippen LogP contribution in [0.5, 0.6) is 0 Å². The molecule has 0 unspecified atom stereocenters. The average molecular weight is 415 g/mol. The van der Waals surface area contributed by atoms with E-state index in [0.717, 1.165) is 51.4 Å². The van der Waals surface area contributed by atoms with Crippen LogP contribution in [0.4, 0.5) is 0 Å². The second kappa shape index (κ2) is 10.0. The molecule has 3 aliphatic rings. The molecule has 1 aliphatic carbocycles. The van der Waals surface area contributed by atoms with Gasteiger partial charge in [0, 0.05) is 45.2 Å². The van der Waals surface area contributed by atoms with Gasteiger partial charge < -0.3 is 10.2 Å². The monoisotopic (exact) mass is 414 g/mol. The Morgan fingerprint density at radius 2 is 1.29 bits per heavy atom. The molecule has 3 fully saturated rings. The molecule has 28 heavy (non-hydrogen) atoms. The predicted octanol–water partition coefficient (Wildman–Crippen LogP) is 0.948. The summed E-state index contributed by atoms with van der Waals surface area (Å²) in [6, 6.07) is 0. The summed E-state index contributed by atoms with van der Waals surface area (Å²) >= 11 is 0. The first-order valence-corrected chi connectivity index (χ1v) is 12.2. The molecule has 3 rings (SSSR count). The van der Waals surface area contributed by atoms with Crippen LogP contribution in [0.25, 0.3) is 0 Å². The molecule has 1 N–H and O–H groups in total. The molecule has 0 atom stereocenters. The van der Waals surface area contributed by atoms with Crippen molar-refractivity contribution in [2.45, 2.75) is 57.8 Å². The number of hydrogen-bond acceptors (Lipinski definition) is 4. The van der Waals surface area contributed by atoms with Gasteiger partial charge in [0.1, 0.15) is 0 Å². The fourth-order valence-corrected chi connectivity index (χ4v) is 6.06. The minimum absolute atomic E-state index is 0.00814. The molecule has 0 aromatic carbocycles. The molecule has 2 aliphatic heterocycles. The summed E-state index contributed by atoms with van der Waals surface area (Å²) in [5.74, 6) is -0.108. The van der Waals surface area contributed by atoms with E-state index in [0.29, 0.717) is 39.3 Å². The molecule has 2 saturated heterocycles. The van der Waals surface area contributed by atoms with Crippen LogP contribution in [-0.4, -0.2) is 79.6 Å². The fraction of sp³-hybridized carbons (Fsp3) is 0.895. The van der Waals surface area contributed by atoms with Crippen LogP contribution in [-0.2, 0) is 19.8 Å². The highest BCUT2D eigenvalue weighted by molar-refractivity contribution is 7.86. The quantitative estimate of drug-likeness (QED) is 0.725. The molecule has 1 saturated carbocycles. The van der Waals surface area contributed by atoms with Gasteiger partial charge in [-0.25, -0.2) is 0 Å². The van der Waals surface area contributed by atoms with Gasteiger partial charge in [0.2, 0.25) is 11.8 Å². The van der Waals surface area contributed by atoms with Crippen molar-refractivity contribution in [1.82, 2.24) is 18.8 Å². The van der Waals surface area contributed by atoms with Gasteiger partial charge in [-0.05, 0) is 25.7 Å². The van der Waals surface area contributed by atoms with Crippen LogP contribution in [0.1, 0.15) is 57.8 Å². The fourth-order valence-electron chi connectivity index (χ4n) is 4.39. The summed E-state index contributed by atoms with van der Waals surface area (Å²) in [5.41, 5.74) is 0. The number of carbonyl (C=O) groups excluding carboxylic acids is 2. The number of rotatable bonds is 5. The van der Waals surface area contributed by atoms with Crippen molar-refractivity contribution < 1.29 is 18.0 Å². The molecule has 0 radical (unpaired) electrons. The lowest BCUT2D eigenvalue weighted by atomic mass is 9.89. The van der Waals surface area contributed by atoms with Gasteiger partial charge in [0.05, 0.1) is 6.54 Å². The topological polar surface area (TPSA) is 90.0 Å². The second-order valence-electron chi connectivity index (χ2n) is 8.15. The van der Waals surface area contributed by atoms with Crippen molar-refractivity contribution in [2.75, 3.05) is 45.8 Å². The minimum Gasteiger partial charge on any atom is -0.347 e. The smallest absolute Gasteiger partial charge is 0.282 e. The molecular weight excluding hydrogens is 380 g/mol. The average Bonchev–Trinajstić information content (AvgIpc) is 3.02. The van der Waals surface area contributed by atoms with E-state index in [2.05, 4.69) is 5.32 Å². The normalized spacial score (nSPS) is 23.9. The summed E-state index contributed by atoms with van der Waals surface area (Å²) in [4.78, 5) is 26.3. The zero-order valence-electron chi connectivity index (χ0n) is 16.8. The van der Waals surface area contributed by atoms with Crippen molar-refractivity contribution in [3.63, 3.8) is 0 Å². The molecule has 0 spiro atoms. The number of nitrogens with one attached hydrogen (secondary N) is 1. The van der Waals surface area contributed by atoms with Crippen LogP contribution < -0.4 is 5.32 Å². The van der Waals surface area contributed by atoms with E-state index in [1.54, 1.807) is 9.21 Å². The van der Waals surface area contributed by atoms with Gasteiger partial charge in [-0.15, -0.1) is 0 Å². The van der Waals surface area contributed by atoms with E-state index < -0.39 is 10.2 Å². The molecule has 0 aromatic heterocycles. The van der Waals surface area contributed by atoms with Gasteiger partial charge >= 0.3 is 0 Å². The third-order valence-electron chi connectivity index (χ3n) is 6.20. The summed E-state index contributed by atoms with van der Waals surface area (Å²) < 4.78 is 28.8. The van der Waals surface area contributed by atoms with Gasteiger partial charge in [0.25, 0.3) is 10.2 Å². The third-order valence-corrected chi connectivity index (χ3v) is 8.23. The number of piperazine rings is 1.